The first-order valence-corrected chi connectivity index (χ1v) is 10.8. The van der Waals surface area contributed by atoms with E-state index in [1.54, 1.807) is 18.2 Å². The van der Waals surface area contributed by atoms with Crippen LogP contribution in [0.2, 0.25) is 0 Å². The Hall–Kier alpha value is -2.85. The summed E-state index contributed by atoms with van der Waals surface area (Å²) >= 11 is 0. The van der Waals surface area contributed by atoms with Crippen molar-refractivity contribution in [3.63, 3.8) is 0 Å². The van der Waals surface area contributed by atoms with Crippen LogP contribution in [0.15, 0.2) is 47.4 Å². The Balaban J connectivity index is 1.91. The Morgan fingerprint density at radius 1 is 1.17 bits per heavy atom. The molecule has 30 heavy (non-hydrogen) atoms. The number of aromatic nitrogens is 2. The van der Waals surface area contributed by atoms with Crippen LogP contribution in [0.1, 0.15) is 16.8 Å². The number of halogens is 3. The first-order chi connectivity index (χ1) is 14.1. The summed E-state index contributed by atoms with van der Waals surface area (Å²) in [5.74, 6) is 0.695. The molecule has 0 amide bonds. The van der Waals surface area contributed by atoms with Crippen molar-refractivity contribution in [2.75, 3.05) is 12.9 Å². The van der Waals surface area contributed by atoms with Crippen molar-refractivity contribution >= 4 is 9.84 Å². The minimum absolute atomic E-state index is 0.0763. The zero-order valence-electron chi connectivity index (χ0n) is 15.8. The van der Waals surface area contributed by atoms with E-state index in [1.807, 2.05) is 0 Å². The van der Waals surface area contributed by atoms with Crippen LogP contribution in [0.25, 0.3) is 16.9 Å². The minimum Gasteiger partial charge on any atom is -0.493 e. The number of benzene rings is 2. The first-order valence-electron chi connectivity index (χ1n) is 8.95. The molecule has 0 radical (unpaired) electrons. The fourth-order valence-corrected chi connectivity index (χ4v) is 4.37. The minimum atomic E-state index is -4.66. The van der Waals surface area contributed by atoms with Crippen LogP contribution in [-0.4, -0.2) is 36.2 Å². The van der Waals surface area contributed by atoms with Crippen LogP contribution in [0.5, 0.6) is 5.75 Å². The average Bonchev–Trinajstić information content (AvgIpc) is 3.32. The van der Waals surface area contributed by atoms with E-state index in [0.717, 1.165) is 22.6 Å². The van der Waals surface area contributed by atoms with Crippen LogP contribution in [-0.2, 0) is 29.0 Å². The molecule has 1 aliphatic heterocycles. The molecular weight excluding hydrogens is 421 g/mol. The largest absolute Gasteiger partial charge is 0.493 e. The van der Waals surface area contributed by atoms with Crippen molar-refractivity contribution in [2.24, 2.45) is 0 Å². The van der Waals surface area contributed by atoms with E-state index in [1.165, 1.54) is 18.2 Å². The molecule has 0 unspecified atom stereocenters. The third-order valence-electron chi connectivity index (χ3n) is 4.84. The molecule has 4 rings (SSSR count). The number of hydrogen-bond donors (Lipinski definition) is 1. The molecule has 0 bridgehead atoms. The van der Waals surface area contributed by atoms with Gasteiger partial charge in [0.25, 0.3) is 0 Å². The smallest absolute Gasteiger partial charge is 0.435 e. The zero-order chi connectivity index (χ0) is 21.7. The highest BCUT2D eigenvalue weighted by molar-refractivity contribution is 7.90. The van der Waals surface area contributed by atoms with Crippen LogP contribution in [0.4, 0.5) is 13.2 Å². The van der Waals surface area contributed by atoms with Crippen LogP contribution >= 0.6 is 0 Å². The summed E-state index contributed by atoms with van der Waals surface area (Å²) in [5.41, 5.74) is 0.790. The standard InChI is InChI=1S/C20H17F3N2O4S/c1-30(27,28)18-5-3-15(9-14(18)11-26)25-16(10-19(24-25)20(21,22)23)12-2-4-17-13(8-12)6-7-29-17/h2-5,8-10,26H,6-7,11H2,1H3. The van der Waals surface area contributed by atoms with Gasteiger partial charge in [0.05, 0.1) is 29.5 Å². The molecule has 1 N–H and O–H groups in total. The topological polar surface area (TPSA) is 81.4 Å². The highest BCUT2D eigenvalue weighted by atomic mass is 32.2. The molecule has 0 spiro atoms. The first kappa shape index (κ1) is 20.4. The van der Waals surface area contributed by atoms with Crippen molar-refractivity contribution in [1.82, 2.24) is 9.78 Å². The van der Waals surface area contributed by atoms with Crippen molar-refractivity contribution in [2.45, 2.75) is 24.1 Å². The summed E-state index contributed by atoms with van der Waals surface area (Å²) in [6.07, 6.45) is -3.01. The molecule has 0 fully saturated rings. The normalized spacial score (nSPS) is 13.9. The maximum absolute atomic E-state index is 13.4. The fourth-order valence-electron chi connectivity index (χ4n) is 3.45. The second-order valence-corrected chi connectivity index (χ2v) is 8.95. The van der Waals surface area contributed by atoms with Gasteiger partial charge >= 0.3 is 6.18 Å². The summed E-state index contributed by atoms with van der Waals surface area (Å²) in [4.78, 5) is -0.0896. The van der Waals surface area contributed by atoms with E-state index in [0.29, 0.717) is 24.3 Å². The second kappa shape index (κ2) is 7.13. The molecule has 0 saturated carbocycles. The quantitative estimate of drug-likeness (QED) is 0.676. The van der Waals surface area contributed by atoms with Crippen LogP contribution < -0.4 is 4.74 Å². The molecule has 1 aromatic heterocycles. The van der Waals surface area contributed by atoms with E-state index >= 15 is 0 Å². The Kier molecular flexibility index (Phi) is 4.86. The van der Waals surface area contributed by atoms with Crippen molar-refractivity contribution in [1.29, 1.82) is 0 Å². The lowest BCUT2D eigenvalue weighted by Crippen LogP contribution is -2.08. The number of alkyl halides is 3. The maximum Gasteiger partial charge on any atom is 0.435 e. The van der Waals surface area contributed by atoms with E-state index in [4.69, 9.17) is 4.74 Å². The van der Waals surface area contributed by atoms with Crippen molar-refractivity contribution in [3.05, 3.63) is 59.3 Å². The molecule has 3 aromatic rings. The number of nitrogens with zero attached hydrogens (tertiary/aromatic N) is 2. The summed E-state index contributed by atoms with van der Waals surface area (Å²) < 4.78 is 70.5. The third kappa shape index (κ3) is 3.68. The Morgan fingerprint density at radius 3 is 2.60 bits per heavy atom. The van der Waals surface area contributed by atoms with E-state index in [2.05, 4.69) is 5.10 Å². The number of fused-ring (bicyclic) bond motifs is 1. The fraction of sp³-hybridized carbons (Fsp3) is 0.250. The van der Waals surface area contributed by atoms with Gasteiger partial charge in [-0.2, -0.15) is 18.3 Å². The zero-order valence-corrected chi connectivity index (χ0v) is 16.6. The van der Waals surface area contributed by atoms with Gasteiger partial charge < -0.3 is 9.84 Å². The molecule has 1 aliphatic rings. The van der Waals surface area contributed by atoms with Gasteiger partial charge in [0.15, 0.2) is 15.5 Å². The molecular formula is C20H17F3N2O4S. The van der Waals surface area contributed by atoms with Gasteiger partial charge in [-0.05, 0) is 53.6 Å². The van der Waals surface area contributed by atoms with Gasteiger partial charge in [-0.25, -0.2) is 13.1 Å². The molecule has 10 heteroatoms. The van der Waals surface area contributed by atoms with E-state index < -0.39 is 28.3 Å². The molecule has 2 heterocycles. The predicted molar refractivity (Wildman–Crippen MR) is 102 cm³/mol. The van der Waals surface area contributed by atoms with Gasteiger partial charge in [0.2, 0.25) is 0 Å². The van der Waals surface area contributed by atoms with Crippen LogP contribution in [0.3, 0.4) is 0 Å². The summed E-state index contributed by atoms with van der Waals surface area (Å²) in [5, 5.41) is 13.3. The number of ether oxygens (including phenoxy) is 1. The molecule has 0 saturated heterocycles. The summed E-state index contributed by atoms with van der Waals surface area (Å²) in [7, 11) is -3.62. The highest BCUT2D eigenvalue weighted by Crippen LogP contribution is 2.36. The molecule has 2 aromatic carbocycles. The molecule has 158 valence electrons. The number of aliphatic hydroxyl groups is 1. The lowest BCUT2D eigenvalue weighted by Gasteiger charge is -2.12. The average molecular weight is 438 g/mol. The van der Waals surface area contributed by atoms with Gasteiger partial charge in [-0.3, -0.25) is 0 Å². The molecule has 0 atom stereocenters. The SMILES string of the molecule is CS(=O)(=O)c1ccc(-n2nc(C(F)(F)F)cc2-c2ccc3c(c2)CCO3)cc1CO. The van der Waals surface area contributed by atoms with Gasteiger partial charge in [0, 0.05) is 18.2 Å². The Labute approximate surface area is 170 Å². The highest BCUT2D eigenvalue weighted by Gasteiger charge is 2.35. The Morgan fingerprint density at radius 2 is 1.93 bits per heavy atom. The lowest BCUT2D eigenvalue weighted by atomic mass is 10.1. The lowest BCUT2D eigenvalue weighted by molar-refractivity contribution is -0.141. The molecule has 6 nitrogen and oxygen atoms in total. The van der Waals surface area contributed by atoms with Crippen molar-refractivity contribution < 1.29 is 31.4 Å². The monoisotopic (exact) mass is 438 g/mol. The number of hydrogen-bond acceptors (Lipinski definition) is 5. The summed E-state index contributed by atoms with van der Waals surface area (Å²) in [6, 6.07) is 10.00. The Bertz CT molecular complexity index is 1230. The van der Waals surface area contributed by atoms with Crippen molar-refractivity contribution in [3.8, 4) is 22.7 Å². The van der Waals surface area contributed by atoms with Gasteiger partial charge in [0.1, 0.15) is 5.75 Å². The number of rotatable bonds is 4. The number of sulfone groups is 1. The summed E-state index contributed by atoms with van der Waals surface area (Å²) in [6.45, 7) is -0.0756. The maximum atomic E-state index is 13.4. The number of aliphatic hydroxyl groups excluding tert-OH is 1. The van der Waals surface area contributed by atoms with E-state index in [-0.39, 0.29) is 21.8 Å². The molecule has 0 aliphatic carbocycles. The predicted octanol–water partition coefficient (Wildman–Crippen LogP) is 3.39. The second-order valence-electron chi connectivity index (χ2n) is 6.97. The third-order valence-corrected chi connectivity index (χ3v) is 6.04. The van der Waals surface area contributed by atoms with Gasteiger partial charge in [-0.1, -0.05) is 0 Å². The van der Waals surface area contributed by atoms with Crippen LogP contribution in [0, 0.1) is 0 Å². The van der Waals surface area contributed by atoms with Gasteiger partial charge in [-0.15, -0.1) is 0 Å². The van der Waals surface area contributed by atoms with E-state index in [9.17, 15) is 26.7 Å².